The van der Waals surface area contributed by atoms with Crippen molar-refractivity contribution in [3.63, 3.8) is 0 Å². The first-order valence-electron chi connectivity index (χ1n) is 8.74. The maximum Gasteiger partial charge on any atom is 0.251 e. The number of benzene rings is 2. The molecule has 2 rings (SSSR count). The first-order chi connectivity index (χ1) is 11.9. The molecular formula is C21H27FN2O. The zero-order chi connectivity index (χ0) is 18.4. The number of halogens is 1. The Balaban J connectivity index is 1.99. The summed E-state index contributed by atoms with van der Waals surface area (Å²) in [4.78, 5) is 14.5. The third-order valence-corrected chi connectivity index (χ3v) is 4.43. The molecule has 0 unspecified atom stereocenters. The number of rotatable bonds is 7. The van der Waals surface area contributed by atoms with Crippen LogP contribution in [0.5, 0.6) is 0 Å². The van der Waals surface area contributed by atoms with Crippen molar-refractivity contribution in [1.29, 1.82) is 0 Å². The highest BCUT2D eigenvalue weighted by Gasteiger charge is 2.10. The lowest BCUT2D eigenvalue weighted by molar-refractivity contribution is 0.0945. The number of carbonyl (C=O) groups is 1. The fourth-order valence-electron chi connectivity index (χ4n) is 2.80. The molecule has 2 aromatic carbocycles. The van der Waals surface area contributed by atoms with E-state index in [0.717, 1.165) is 29.8 Å². The molecule has 2 aromatic rings. The zero-order valence-electron chi connectivity index (χ0n) is 15.5. The molecule has 0 heterocycles. The number of nitrogens with one attached hydrogen (secondary N) is 1. The SMILES string of the molecule is CCN(C)C[C@H](C)CNC(=O)c1ccc(-c2cc(F)ccc2C)cc1. The molecule has 1 atom stereocenters. The van der Waals surface area contributed by atoms with Gasteiger partial charge in [0.25, 0.3) is 5.91 Å². The minimum Gasteiger partial charge on any atom is -0.352 e. The second-order valence-corrected chi connectivity index (χ2v) is 6.71. The third-order valence-electron chi connectivity index (χ3n) is 4.43. The van der Waals surface area contributed by atoms with Gasteiger partial charge in [0.05, 0.1) is 0 Å². The van der Waals surface area contributed by atoms with Crippen molar-refractivity contribution in [2.75, 3.05) is 26.7 Å². The van der Waals surface area contributed by atoms with Crippen LogP contribution in [0.15, 0.2) is 42.5 Å². The second-order valence-electron chi connectivity index (χ2n) is 6.71. The van der Waals surface area contributed by atoms with E-state index in [-0.39, 0.29) is 11.7 Å². The fourth-order valence-corrected chi connectivity index (χ4v) is 2.80. The molecule has 1 amide bonds. The van der Waals surface area contributed by atoms with Gasteiger partial charge in [0.15, 0.2) is 0 Å². The van der Waals surface area contributed by atoms with Gasteiger partial charge in [0.1, 0.15) is 5.82 Å². The summed E-state index contributed by atoms with van der Waals surface area (Å²) in [5.41, 5.74) is 3.39. The summed E-state index contributed by atoms with van der Waals surface area (Å²) < 4.78 is 13.5. The van der Waals surface area contributed by atoms with Gasteiger partial charge in [-0.05, 0) is 67.4 Å². The van der Waals surface area contributed by atoms with Crippen LogP contribution < -0.4 is 5.32 Å². The van der Waals surface area contributed by atoms with E-state index in [4.69, 9.17) is 0 Å². The number of aryl methyl sites for hydroxylation is 1. The van der Waals surface area contributed by atoms with Crippen LogP contribution in [0.3, 0.4) is 0 Å². The molecule has 0 aliphatic heterocycles. The smallest absolute Gasteiger partial charge is 0.251 e. The number of hydrogen-bond acceptors (Lipinski definition) is 2. The van der Waals surface area contributed by atoms with Crippen molar-refractivity contribution in [3.8, 4) is 11.1 Å². The molecule has 0 aliphatic rings. The highest BCUT2D eigenvalue weighted by atomic mass is 19.1. The summed E-state index contributed by atoms with van der Waals surface area (Å²) in [6, 6.07) is 12.1. The molecule has 0 spiro atoms. The summed E-state index contributed by atoms with van der Waals surface area (Å²) in [6.45, 7) is 8.79. The minimum absolute atomic E-state index is 0.0754. The molecule has 0 aromatic heterocycles. The lowest BCUT2D eigenvalue weighted by Crippen LogP contribution is -2.33. The molecule has 0 bridgehead atoms. The first kappa shape index (κ1) is 19.1. The standard InChI is InChI=1S/C21H27FN2O/c1-5-24(4)14-15(2)13-23-21(25)18-9-7-17(8-10-18)20-12-19(22)11-6-16(20)3/h6-12,15H,5,13-14H2,1-4H3,(H,23,25)/t15-/m1/s1. The van der Waals surface area contributed by atoms with Crippen molar-refractivity contribution in [2.45, 2.75) is 20.8 Å². The Kier molecular flexibility index (Phi) is 6.71. The fraction of sp³-hybridized carbons (Fsp3) is 0.381. The maximum atomic E-state index is 13.5. The van der Waals surface area contributed by atoms with Gasteiger partial charge < -0.3 is 10.2 Å². The molecule has 0 aliphatic carbocycles. The highest BCUT2D eigenvalue weighted by molar-refractivity contribution is 5.94. The quantitative estimate of drug-likeness (QED) is 0.821. The summed E-state index contributed by atoms with van der Waals surface area (Å²) >= 11 is 0. The topological polar surface area (TPSA) is 32.3 Å². The van der Waals surface area contributed by atoms with Gasteiger partial charge in [-0.3, -0.25) is 4.79 Å². The number of amides is 1. The number of nitrogens with zero attached hydrogens (tertiary/aromatic N) is 1. The molecule has 25 heavy (non-hydrogen) atoms. The molecule has 1 N–H and O–H groups in total. The van der Waals surface area contributed by atoms with Gasteiger partial charge in [-0.15, -0.1) is 0 Å². The van der Waals surface area contributed by atoms with E-state index in [2.05, 4.69) is 31.1 Å². The zero-order valence-corrected chi connectivity index (χ0v) is 15.5. The van der Waals surface area contributed by atoms with Gasteiger partial charge in [-0.1, -0.05) is 32.0 Å². The molecule has 4 heteroatoms. The van der Waals surface area contributed by atoms with Crippen LogP contribution in [-0.2, 0) is 0 Å². The summed E-state index contributed by atoms with van der Waals surface area (Å²) in [5.74, 6) is 0.0603. The van der Waals surface area contributed by atoms with E-state index in [9.17, 15) is 9.18 Å². The molecule has 0 fully saturated rings. The Hall–Kier alpha value is -2.20. The lowest BCUT2D eigenvalue weighted by Gasteiger charge is -2.19. The van der Waals surface area contributed by atoms with Crippen LogP contribution in [0.2, 0.25) is 0 Å². The lowest BCUT2D eigenvalue weighted by atomic mass is 9.99. The van der Waals surface area contributed by atoms with E-state index >= 15 is 0 Å². The van der Waals surface area contributed by atoms with Crippen molar-refractivity contribution in [1.82, 2.24) is 10.2 Å². The van der Waals surface area contributed by atoms with Crippen LogP contribution >= 0.6 is 0 Å². The van der Waals surface area contributed by atoms with Crippen molar-refractivity contribution in [2.24, 2.45) is 5.92 Å². The number of hydrogen-bond donors (Lipinski definition) is 1. The van der Waals surface area contributed by atoms with Crippen LogP contribution in [0.25, 0.3) is 11.1 Å². The molecule has 0 radical (unpaired) electrons. The second kappa shape index (κ2) is 8.77. The maximum absolute atomic E-state index is 13.5. The van der Waals surface area contributed by atoms with E-state index in [1.807, 2.05) is 19.1 Å². The van der Waals surface area contributed by atoms with E-state index in [1.165, 1.54) is 12.1 Å². The van der Waals surface area contributed by atoms with Crippen LogP contribution in [0.1, 0.15) is 29.8 Å². The predicted octanol–water partition coefficient (Wildman–Crippen LogP) is 4.12. The van der Waals surface area contributed by atoms with Crippen molar-refractivity contribution >= 4 is 5.91 Å². The molecular weight excluding hydrogens is 315 g/mol. The van der Waals surface area contributed by atoms with Crippen LogP contribution in [-0.4, -0.2) is 37.5 Å². The van der Waals surface area contributed by atoms with Gasteiger partial charge >= 0.3 is 0 Å². The highest BCUT2D eigenvalue weighted by Crippen LogP contribution is 2.24. The normalized spacial score (nSPS) is 12.2. The van der Waals surface area contributed by atoms with Gasteiger partial charge in [0, 0.05) is 18.7 Å². The molecule has 3 nitrogen and oxygen atoms in total. The largest absolute Gasteiger partial charge is 0.352 e. The van der Waals surface area contributed by atoms with Gasteiger partial charge in [-0.2, -0.15) is 0 Å². The Morgan fingerprint density at radius 1 is 1.20 bits per heavy atom. The molecule has 0 saturated carbocycles. The predicted molar refractivity (Wildman–Crippen MR) is 101 cm³/mol. The Morgan fingerprint density at radius 3 is 2.52 bits per heavy atom. The first-order valence-corrected chi connectivity index (χ1v) is 8.74. The molecule has 134 valence electrons. The van der Waals surface area contributed by atoms with Gasteiger partial charge in [0.2, 0.25) is 0 Å². The number of carbonyl (C=O) groups excluding carboxylic acids is 1. The Bertz CT molecular complexity index is 712. The third kappa shape index (κ3) is 5.40. The van der Waals surface area contributed by atoms with E-state index in [1.54, 1.807) is 18.2 Å². The summed E-state index contributed by atoms with van der Waals surface area (Å²) in [6.07, 6.45) is 0. The van der Waals surface area contributed by atoms with Gasteiger partial charge in [-0.25, -0.2) is 4.39 Å². The van der Waals surface area contributed by atoms with Crippen LogP contribution in [0.4, 0.5) is 4.39 Å². The van der Waals surface area contributed by atoms with Crippen LogP contribution in [0, 0.1) is 18.7 Å². The molecule has 0 saturated heterocycles. The van der Waals surface area contributed by atoms with E-state index < -0.39 is 0 Å². The van der Waals surface area contributed by atoms with E-state index in [0.29, 0.717) is 18.0 Å². The summed E-state index contributed by atoms with van der Waals surface area (Å²) in [7, 11) is 2.07. The average Bonchev–Trinajstić information content (AvgIpc) is 2.61. The average molecular weight is 342 g/mol. The van der Waals surface area contributed by atoms with Crippen molar-refractivity contribution in [3.05, 3.63) is 59.4 Å². The minimum atomic E-state index is -0.256. The van der Waals surface area contributed by atoms with Crippen molar-refractivity contribution < 1.29 is 9.18 Å². The summed E-state index contributed by atoms with van der Waals surface area (Å²) in [5, 5.41) is 2.98. The Morgan fingerprint density at radius 2 is 1.88 bits per heavy atom. The Labute approximate surface area is 149 Å². The monoisotopic (exact) mass is 342 g/mol.